The molecule has 2 aromatic rings. The molecule has 0 fully saturated rings. The van der Waals surface area contributed by atoms with E-state index in [-0.39, 0.29) is 0 Å². The van der Waals surface area contributed by atoms with E-state index < -0.39 is 0 Å². The maximum Gasteiger partial charge on any atom is 0.0923 e. The van der Waals surface area contributed by atoms with Gasteiger partial charge in [0.15, 0.2) is 0 Å². The third-order valence-corrected chi connectivity index (χ3v) is 3.23. The highest BCUT2D eigenvalue weighted by molar-refractivity contribution is 5.66. The summed E-state index contributed by atoms with van der Waals surface area (Å²) in [7, 11) is 1.96. The van der Waals surface area contributed by atoms with Gasteiger partial charge in [-0.2, -0.15) is 5.10 Å². The number of rotatable bonds is 6. The molecule has 0 spiro atoms. The molecule has 0 aliphatic heterocycles. The van der Waals surface area contributed by atoms with Crippen LogP contribution in [0.5, 0.6) is 0 Å². The van der Waals surface area contributed by atoms with Gasteiger partial charge in [0.1, 0.15) is 0 Å². The van der Waals surface area contributed by atoms with E-state index >= 15 is 0 Å². The normalized spacial score (nSPS) is 11.1. The molecule has 0 saturated carbocycles. The van der Waals surface area contributed by atoms with Gasteiger partial charge >= 0.3 is 0 Å². The van der Waals surface area contributed by atoms with Crippen molar-refractivity contribution in [1.82, 2.24) is 9.78 Å². The van der Waals surface area contributed by atoms with Gasteiger partial charge in [-0.1, -0.05) is 20.8 Å². The fourth-order valence-corrected chi connectivity index (χ4v) is 2.37. The van der Waals surface area contributed by atoms with Gasteiger partial charge in [-0.25, -0.2) is 0 Å². The first kappa shape index (κ1) is 14.6. The smallest absolute Gasteiger partial charge is 0.0923 e. The predicted octanol–water partition coefficient (Wildman–Crippen LogP) is 4.11. The minimum atomic E-state index is 0.660. The minimum absolute atomic E-state index is 0.660. The number of benzene rings is 1. The Bertz CT molecular complexity index is 555. The van der Waals surface area contributed by atoms with Gasteiger partial charge in [-0.3, -0.25) is 4.68 Å². The molecule has 0 amide bonds. The first-order chi connectivity index (χ1) is 9.58. The molecule has 0 unspecified atom stereocenters. The van der Waals surface area contributed by atoms with E-state index in [9.17, 15) is 0 Å². The van der Waals surface area contributed by atoms with E-state index in [0.29, 0.717) is 5.92 Å². The van der Waals surface area contributed by atoms with Crippen LogP contribution in [-0.2, 0) is 13.5 Å². The summed E-state index contributed by atoms with van der Waals surface area (Å²) in [6.45, 7) is 7.70. The van der Waals surface area contributed by atoms with Crippen LogP contribution < -0.4 is 5.32 Å². The lowest BCUT2D eigenvalue weighted by Crippen LogP contribution is -2.02. The largest absolute Gasteiger partial charge is 0.385 e. The summed E-state index contributed by atoms with van der Waals surface area (Å²) in [5, 5.41) is 8.00. The van der Waals surface area contributed by atoms with E-state index in [1.165, 1.54) is 16.8 Å². The Morgan fingerprint density at radius 2 is 2.05 bits per heavy atom. The second kappa shape index (κ2) is 6.60. The highest BCUT2D eigenvalue weighted by Gasteiger charge is 2.07. The first-order valence-corrected chi connectivity index (χ1v) is 7.46. The average Bonchev–Trinajstić information content (AvgIpc) is 2.82. The zero-order valence-electron chi connectivity index (χ0n) is 13.0. The van der Waals surface area contributed by atoms with E-state index in [0.717, 1.165) is 25.1 Å². The van der Waals surface area contributed by atoms with Crippen molar-refractivity contribution in [3.8, 4) is 11.3 Å². The van der Waals surface area contributed by atoms with Crippen LogP contribution in [-0.4, -0.2) is 16.3 Å². The van der Waals surface area contributed by atoms with Crippen molar-refractivity contribution in [2.45, 2.75) is 33.6 Å². The maximum atomic E-state index is 4.51. The molecule has 3 nitrogen and oxygen atoms in total. The average molecular weight is 271 g/mol. The van der Waals surface area contributed by atoms with Gasteiger partial charge < -0.3 is 5.32 Å². The SMILES string of the molecule is CCCNc1cc(CC(C)C)cc(-c2ccn(C)n2)c1. The molecule has 2 rings (SSSR count). The summed E-state index contributed by atoms with van der Waals surface area (Å²) in [4.78, 5) is 0. The third kappa shape index (κ3) is 3.86. The summed E-state index contributed by atoms with van der Waals surface area (Å²) < 4.78 is 1.85. The van der Waals surface area contributed by atoms with Gasteiger partial charge in [0.25, 0.3) is 0 Å². The van der Waals surface area contributed by atoms with Crippen molar-refractivity contribution in [3.05, 3.63) is 36.0 Å². The van der Waals surface area contributed by atoms with Crippen molar-refractivity contribution < 1.29 is 0 Å². The van der Waals surface area contributed by atoms with Gasteiger partial charge in [0, 0.05) is 31.0 Å². The Morgan fingerprint density at radius 1 is 1.25 bits per heavy atom. The zero-order valence-corrected chi connectivity index (χ0v) is 13.0. The van der Waals surface area contributed by atoms with E-state index in [4.69, 9.17) is 0 Å². The van der Waals surface area contributed by atoms with Crippen molar-refractivity contribution >= 4 is 5.69 Å². The van der Waals surface area contributed by atoms with Crippen molar-refractivity contribution in [1.29, 1.82) is 0 Å². The third-order valence-electron chi connectivity index (χ3n) is 3.23. The van der Waals surface area contributed by atoms with Crippen LogP contribution in [0.15, 0.2) is 30.5 Å². The number of aryl methyl sites for hydroxylation is 1. The number of nitrogens with zero attached hydrogens (tertiary/aromatic N) is 2. The van der Waals surface area contributed by atoms with Crippen molar-refractivity contribution in [2.75, 3.05) is 11.9 Å². The van der Waals surface area contributed by atoms with Gasteiger partial charge in [-0.15, -0.1) is 0 Å². The van der Waals surface area contributed by atoms with Gasteiger partial charge in [0.05, 0.1) is 5.69 Å². The highest BCUT2D eigenvalue weighted by atomic mass is 15.2. The monoisotopic (exact) mass is 271 g/mol. The molecule has 20 heavy (non-hydrogen) atoms. The number of hydrogen-bond donors (Lipinski definition) is 1. The molecule has 1 heterocycles. The van der Waals surface area contributed by atoms with Crippen molar-refractivity contribution in [3.63, 3.8) is 0 Å². The van der Waals surface area contributed by atoms with Crippen LogP contribution in [0, 0.1) is 5.92 Å². The fourth-order valence-electron chi connectivity index (χ4n) is 2.37. The lowest BCUT2D eigenvalue weighted by molar-refractivity contribution is 0.647. The topological polar surface area (TPSA) is 29.9 Å². The fraction of sp³-hybridized carbons (Fsp3) is 0.471. The minimum Gasteiger partial charge on any atom is -0.385 e. The predicted molar refractivity (Wildman–Crippen MR) is 86.0 cm³/mol. The molecule has 108 valence electrons. The summed E-state index contributed by atoms with van der Waals surface area (Å²) >= 11 is 0. The number of aromatic nitrogens is 2. The Hall–Kier alpha value is -1.77. The van der Waals surface area contributed by atoms with Crippen LogP contribution >= 0.6 is 0 Å². The molecule has 1 N–H and O–H groups in total. The summed E-state index contributed by atoms with van der Waals surface area (Å²) in [6.07, 6.45) is 4.22. The standard InChI is InChI=1S/C17H25N3/c1-5-7-18-16-11-14(9-13(2)3)10-15(12-16)17-6-8-20(4)19-17/h6,8,10-13,18H,5,7,9H2,1-4H3. The molecular weight excluding hydrogens is 246 g/mol. The van der Waals surface area contributed by atoms with Crippen LogP contribution in [0.2, 0.25) is 0 Å². The number of hydrogen-bond acceptors (Lipinski definition) is 2. The quantitative estimate of drug-likeness (QED) is 0.857. The molecule has 0 bridgehead atoms. The molecule has 0 aliphatic rings. The van der Waals surface area contributed by atoms with Crippen LogP contribution in [0.4, 0.5) is 5.69 Å². The second-order valence-corrected chi connectivity index (χ2v) is 5.82. The zero-order chi connectivity index (χ0) is 14.5. The summed E-state index contributed by atoms with van der Waals surface area (Å²) in [5.41, 5.74) is 4.81. The van der Waals surface area contributed by atoms with Crippen molar-refractivity contribution in [2.24, 2.45) is 13.0 Å². The Balaban J connectivity index is 2.34. The second-order valence-electron chi connectivity index (χ2n) is 5.82. The Kier molecular flexibility index (Phi) is 4.83. The lowest BCUT2D eigenvalue weighted by atomic mass is 9.99. The molecular formula is C17H25N3. The van der Waals surface area contributed by atoms with E-state index in [1.54, 1.807) is 0 Å². The lowest BCUT2D eigenvalue weighted by Gasteiger charge is -2.12. The molecule has 0 saturated heterocycles. The van der Waals surface area contributed by atoms with Crippen LogP contribution in [0.3, 0.4) is 0 Å². The van der Waals surface area contributed by atoms with E-state index in [1.807, 2.05) is 17.9 Å². The van der Waals surface area contributed by atoms with Gasteiger partial charge in [-0.05, 0) is 48.6 Å². The first-order valence-electron chi connectivity index (χ1n) is 7.46. The molecule has 0 atom stereocenters. The highest BCUT2D eigenvalue weighted by Crippen LogP contribution is 2.25. The Labute approximate surface area is 122 Å². The molecule has 0 aliphatic carbocycles. The summed E-state index contributed by atoms with van der Waals surface area (Å²) in [6, 6.07) is 8.79. The van der Waals surface area contributed by atoms with Crippen LogP contribution in [0.1, 0.15) is 32.8 Å². The number of anilines is 1. The van der Waals surface area contributed by atoms with E-state index in [2.05, 4.69) is 55.5 Å². The molecule has 1 aromatic carbocycles. The molecule has 1 aromatic heterocycles. The molecule has 0 radical (unpaired) electrons. The van der Waals surface area contributed by atoms with Gasteiger partial charge in [0.2, 0.25) is 0 Å². The van der Waals surface area contributed by atoms with Crippen LogP contribution in [0.25, 0.3) is 11.3 Å². The number of nitrogens with one attached hydrogen (secondary N) is 1. The Morgan fingerprint density at radius 3 is 2.65 bits per heavy atom. The maximum absolute atomic E-state index is 4.51. The molecule has 3 heteroatoms. The summed E-state index contributed by atoms with van der Waals surface area (Å²) in [5.74, 6) is 0.660.